The maximum Gasteiger partial charge on any atom is 0.156 e. The highest BCUT2D eigenvalue weighted by atomic mass is 32.2. The van der Waals surface area contributed by atoms with E-state index >= 15 is 0 Å². The van der Waals surface area contributed by atoms with Gasteiger partial charge in [-0.1, -0.05) is 0 Å². The van der Waals surface area contributed by atoms with Crippen molar-refractivity contribution in [3.8, 4) is 0 Å². The molecule has 1 unspecified atom stereocenters. The molecule has 1 aliphatic heterocycles. The van der Waals surface area contributed by atoms with Crippen LogP contribution in [0.5, 0.6) is 0 Å². The van der Waals surface area contributed by atoms with Gasteiger partial charge in [0.1, 0.15) is 0 Å². The van der Waals surface area contributed by atoms with Crippen molar-refractivity contribution in [3.05, 3.63) is 0 Å². The number of aliphatic imine (C=N–C) groups is 1. The van der Waals surface area contributed by atoms with Crippen LogP contribution in [0, 0.1) is 0 Å². The number of hydrogen-bond donors (Lipinski definition) is 1. The largest absolute Gasteiger partial charge is 0.288 e. The van der Waals surface area contributed by atoms with Crippen LogP contribution in [-0.2, 0) is 0 Å². The van der Waals surface area contributed by atoms with Gasteiger partial charge in [0, 0.05) is 12.1 Å². The molecule has 0 spiro atoms. The third-order valence-corrected chi connectivity index (χ3v) is 2.32. The summed E-state index contributed by atoms with van der Waals surface area (Å²) in [7, 11) is 2.50. The van der Waals surface area contributed by atoms with E-state index in [9.17, 15) is 0 Å². The van der Waals surface area contributed by atoms with Crippen molar-refractivity contribution < 1.29 is 0 Å². The molecular weight excluding hydrogens is 92.9 g/mol. The molecule has 1 aliphatic rings. The Balaban J connectivity index is 2.38. The Hall–Kier alpha value is 0.0849. The third-order valence-electron chi connectivity index (χ3n) is 0.861. The topological polar surface area (TPSA) is 12.4 Å². The van der Waals surface area contributed by atoms with E-state index in [0.29, 0.717) is 0 Å². The quantitative estimate of drug-likeness (QED) is 0.314. The fourth-order valence-electron chi connectivity index (χ4n) is 0.470. The highest BCUT2D eigenvalue weighted by molar-refractivity contribution is 8.45. The maximum absolute atomic E-state index is 4.07. The van der Waals surface area contributed by atoms with Crippen LogP contribution in [0.25, 0.3) is 0 Å². The van der Waals surface area contributed by atoms with Gasteiger partial charge < -0.3 is 0 Å². The summed E-state index contributed by atoms with van der Waals surface area (Å²) < 4.78 is 0. The Kier molecular flexibility index (Phi) is 1.20. The number of rotatable bonds is 0. The lowest BCUT2D eigenvalue weighted by molar-refractivity contribution is 1.18. The average Bonchev–Trinajstić information content (AvgIpc) is 1.86. The third kappa shape index (κ3) is 0.774. The van der Waals surface area contributed by atoms with Crippen molar-refractivity contribution in [2.24, 2.45) is 4.99 Å². The van der Waals surface area contributed by atoms with E-state index in [1.165, 1.54) is 5.75 Å². The van der Waals surface area contributed by atoms with Crippen LogP contribution in [0.4, 0.5) is 0 Å². The van der Waals surface area contributed by atoms with Gasteiger partial charge in [0.25, 0.3) is 0 Å². The Morgan fingerprint density at radius 2 is 2.67 bits per heavy atom. The van der Waals surface area contributed by atoms with Gasteiger partial charge in [-0.15, -0.1) is 0 Å². The second-order valence-electron chi connectivity index (χ2n) is 1.50. The van der Waals surface area contributed by atoms with Gasteiger partial charge in [-0.3, -0.25) is 15.7 Å². The zero-order chi connectivity index (χ0) is 4.41. The summed E-state index contributed by atoms with van der Waals surface area (Å²) in [5.41, 5.74) is 2.09. The zero-order valence-corrected chi connectivity index (χ0v) is 4.78. The molecule has 0 saturated heterocycles. The molecule has 34 valence electrons. The molecule has 0 aromatic rings. The first-order valence-corrected chi connectivity index (χ1v) is 4.14. The van der Waals surface area contributed by atoms with Gasteiger partial charge in [-0.25, -0.2) is 0 Å². The van der Waals surface area contributed by atoms with Crippen molar-refractivity contribution in [3.63, 3.8) is 0 Å². The molecule has 1 nitrogen and oxygen atoms in total. The summed E-state index contributed by atoms with van der Waals surface area (Å²) >= 11 is 0. The van der Waals surface area contributed by atoms with E-state index in [2.05, 4.69) is 17.7 Å². The SMILES string of the molecule is B[SH]1C=NCC1. The van der Waals surface area contributed by atoms with Gasteiger partial charge in [0.05, 0.1) is 0 Å². The molecule has 1 atom stereocenters. The normalized spacial score (nSPS) is 37.7. The molecular formula is C3H8BNS. The molecule has 0 fully saturated rings. The van der Waals surface area contributed by atoms with Crippen LogP contribution in [0.15, 0.2) is 4.99 Å². The predicted octanol–water partition coefficient (Wildman–Crippen LogP) is -0.422. The molecule has 0 aliphatic carbocycles. The first kappa shape index (κ1) is 4.25. The molecule has 0 saturated carbocycles. The Morgan fingerprint density at radius 3 is 2.83 bits per heavy atom. The molecule has 0 amide bonds. The van der Waals surface area contributed by atoms with Crippen molar-refractivity contribution in [1.29, 1.82) is 0 Å². The highest BCUT2D eigenvalue weighted by Crippen LogP contribution is 2.17. The summed E-state index contributed by atoms with van der Waals surface area (Å²) in [6.07, 6.45) is 0. The van der Waals surface area contributed by atoms with E-state index in [-0.39, 0.29) is 10.7 Å². The monoisotopic (exact) mass is 101 g/mol. The second-order valence-corrected chi connectivity index (χ2v) is 3.69. The minimum absolute atomic E-state index is 0.243. The molecule has 0 aromatic heterocycles. The van der Waals surface area contributed by atoms with Crippen LogP contribution in [-0.4, -0.2) is 25.0 Å². The van der Waals surface area contributed by atoms with Gasteiger partial charge in [0.15, 0.2) is 7.12 Å². The van der Waals surface area contributed by atoms with Crippen molar-refractivity contribution in [2.75, 3.05) is 12.3 Å². The molecule has 6 heavy (non-hydrogen) atoms. The number of thiol groups is 1. The fourth-order valence-corrected chi connectivity index (χ4v) is 1.41. The summed E-state index contributed by atoms with van der Waals surface area (Å²) in [5, 5.41) is 0. The van der Waals surface area contributed by atoms with E-state index in [4.69, 9.17) is 0 Å². The Labute approximate surface area is 41.5 Å². The van der Waals surface area contributed by atoms with E-state index in [1.807, 2.05) is 0 Å². The molecule has 0 N–H and O–H groups in total. The summed E-state index contributed by atoms with van der Waals surface area (Å²) in [5.74, 6) is 1.33. The van der Waals surface area contributed by atoms with Crippen molar-refractivity contribution in [1.82, 2.24) is 0 Å². The fraction of sp³-hybridized carbons (Fsp3) is 0.667. The molecule has 0 bridgehead atoms. The Morgan fingerprint density at radius 1 is 1.83 bits per heavy atom. The van der Waals surface area contributed by atoms with Gasteiger partial charge in [0.2, 0.25) is 0 Å². The van der Waals surface area contributed by atoms with Crippen molar-refractivity contribution in [2.45, 2.75) is 0 Å². The van der Waals surface area contributed by atoms with Crippen LogP contribution >= 0.6 is 10.7 Å². The highest BCUT2D eigenvalue weighted by Gasteiger charge is 1.95. The second kappa shape index (κ2) is 1.69. The minimum atomic E-state index is 0.243. The van der Waals surface area contributed by atoms with Gasteiger partial charge in [-0.05, 0) is 5.75 Å². The molecule has 0 aromatic carbocycles. The van der Waals surface area contributed by atoms with Crippen LogP contribution < -0.4 is 0 Å². The van der Waals surface area contributed by atoms with Crippen LogP contribution in [0.2, 0.25) is 0 Å². The first-order chi connectivity index (χ1) is 2.89. The van der Waals surface area contributed by atoms with Crippen LogP contribution in [0.1, 0.15) is 0 Å². The van der Waals surface area contributed by atoms with E-state index in [1.54, 1.807) is 0 Å². The molecule has 3 heteroatoms. The Bertz CT molecular complexity index is 73.2. The smallest absolute Gasteiger partial charge is 0.156 e. The van der Waals surface area contributed by atoms with Gasteiger partial charge in [-0.2, -0.15) is 0 Å². The average molecular weight is 101 g/mol. The van der Waals surface area contributed by atoms with E-state index < -0.39 is 0 Å². The standard InChI is InChI=1S/C3H8BNS/c4-6-2-1-5-3-6/h3,6H,1-2,4H2. The molecule has 1 heterocycles. The summed E-state index contributed by atoms with van der Waals surface area (Å²) in [6.45, 7) is 1.09. The molecule has 1 rings (SSSR count). The first-order valence-electron chi connectivity index (χ1n) is 2.10. The van der Waals surface area contributed by atoms with E-state index in [0.717, 1.165) is 6.54 Å². The maximum atomic E-state index is 4.07. The summed E-state index contributed by atoms with van der Waals surface area (Å²) in [6, 6.07) is 0. The molecule has 0 radical (unpaired) electrons. The number of hydrogen-bond acceptors (Lipinski definition) is 1. The van der Waals surface area contributed by atoms with Crippen molar-refractivity contribution >= 4 is 23.4 Å². The summed E-state index contributed by atoms with van der Waals surface area (Å²) in [4.78, 5) is 4.07. The van der Waals surface area contributed by atoms with Crippen LogP contribution in [0.3, 0.4) is 0 Å². The minimum Gasteiger partial charge on any atom is -0.288 e. The number of nitrogens with zero attached hydrogens (tertiary/aromatic N) is 1. The lowest BCUT2D eigenvalue weighted by Gasteiger charge is -1.94. The van der Waals surface area contributed by atoms with Gasteiger partial charge >= 0.3 is 0 Å². The lowest BCUT2D eigenvalue weighted by Crippen LogP contribution is -1.80. The lowest BCUT2D eigenvalue weighted by atomic mass is 10.8. The predicted molar refractivity (Wildman–Crippen MR) is 35.8 cm³/mol. The zero-order valence-electron chi connectivity index (χ0n) is 3.89.